The zero-order valence-corrected chi connectivity index (χ0v) is 13.3. The van der Waals surface area contributed by atoms with E-state index < -0.39 is 0 Å². The van der Waals surface area contributed by atoms with E-state index in [1.807, 2.05) is 37.3 Å². The van der Waals surface area contributed by atoms with Crippen molar-refractivity contribution in [3.63, 3.8) is 0 Å². The van der Waals surface area contributed by atoms with Gasteiger partial charge in [-0.05, 0) is 24.5 Å². The van der Waals surface area contributed by atoms with Crippen LogP contribution < -0.4 is 5.56 Å². The Morgan fingerprint density at radius 2 is 2.04 bits per heavy atom. The number of nitrogens with zero attached hydrogens (tertiary/aromatic N) is 3. The molecule has 3 rings (SSSR count). The Morgan fingerprint density at radius 3 is 2.70 bits per heavy atom. The number of H-pyrrole nitrogens is 1. The fourth-order valence-corrected chi connectivity index (χ4v) is 2.81. The molecule has 0 amide bonds. The van der Waals surface area contributed by atoms with Crippen LogP contribution in [0.1, 0.15) is 36.7 Å². The van der Waals surface area contributed by atoms with Crippen LogP contribution in [0.4, 0.5) is 0 Å². The van der Waals surface area contributed by atoms with Gasteiger partial charge in [0, 0.05) is 6.42 Å². The summed E-state index contributed by atoms with van der Waals surface area (Å²) in [5.41, 5.74) is 2.79. The first kappa shape index (κ1) is 15.0. The van der Waals surface area contributed by atoms with Crippen LogP contribution in [0, 0.1) is 18.3 Å². The standard InChI is InChI=1S/C18H18N4O/c1-3-4-10-15-20-17-14(11-19)12(2)16(18(23)22(17)21-15)13-8-6-5-7-9-13/h5-9H,3-4,10H2,1-2H3,(H,20,21). The maximum absolute atomic E-state index is 12.9. The SMILES string of the molecule is CCCCc1nn2c(=O)c(-c3ccccc3)c(C)c(C#N)c2[nH]1. The highest BCUT2D eigenvalue weighted by atomic mass is 16.1. The lowest BCUT2D eigenvalue weighted by atomic mass is 9.99. The minimum atomic E-state index is -0.193. The van der Waals surface area contributed by atoms with Gasteiger partial charge in [-0.15, -0.1) is 5.10 Å². The summed E-state index contributed by atoms with van der Waals surface area (Å²) in [5, 5.41) is 13.9. The maximum atomic E-state index is 12.9. The summed E-state index contributed by atoms with van der Waals surface area (Å²) in [6, 6.07) is 11.6. The molecular formula is C18H18N4O. The Labute approximate surface area is 134 Å². The molecule has 0 aliphatic rings. The molecular weight excluding hydrogens is 288 g/mol. The second kappa shape index (κ2) is 6.09. The third-order valence-electron chi connectivity index (χ3n) is 4.03. The highest BCUT2D eigenvalue weighted by Crippen LogP contribution is 2.24. The molecule has 116 valence electrons. The average molecular weight is 306 g/mol. The summed E-state index contributed by atoms with van der Waals surface area (Å²) in [6.07, 6.45) is 2.80. The zero-order valence-electron chi connectivity index (χ0n) is 13.3. The number of fused-ring (bicyclic) bond motifs is 1. The van der Waals surface area contributed by atoms with Gasteiger partial charge >= 0.3 is 0 Å². The minimum absolute atomic E-state index is 0.193. The molecule has 2 aromatic heterocycles. The second-order valence-corrected chi connectivity index (χ2v) is 5.59. The smallest absolute Gasteiger partial charge is 0.281 e. The van der Waals surface area contributed by atoms with Gasteiger partial charge in [0.2, 0.25) is 0 Å². The first-order valence-corrected chi connectivity index (χ1v) is 7.77. The molecule has 1 aromatic carbocycles. The van der Waals surface area contributed by atoms with E-state index in [0.717, 1.165) is 30.7 Å². The van der Waals surface area contributed by atoms with Crippen molar-refractivity contribution in [2.45, 2.75) is 33.1 Å². The molecule has 0 saturated carbocycles. The van der Waals surface area contributed by atoms with Crippen molar-refractivity contribution in [2.75, 3.05) is 0 Å². The van der Waals surface area contributed by atoms with Gasteiger partial charge in [-0.3, -0.25) is 4.79 Å². The van der Waals surface area contributed by atoms with Crippen molar-refractivity contribution in [3.8, 4) is 17.2 Å². The van der Waals surface area contributed by atoms with Gasteiger partial charge in [0.15, 0.2) is 5.65 Å². The van der Waals surface area contributed by atoms with Crippen LogP contribution in [0.25, 0.3) is 16.8 Å². The molecule has 0 spiro atoms. The number of nitrogens with one attached hydrogen (secondary N) is 1. The number of aromatic amines is 1. The summed E-state index contributed by atoms with van der Waals surface area (Å²) in [5.74, 6) is 0.741. The summed E-state index contributed by atoms with van der Waals surface area (Å²) < 4.78 is 1.33. The van der Waals surface area contributed by atoms with Crippen LogP contribution in [0.3, 0.4) is 0 Å². The summed E-state index contributed by atoms with van der Waals surface area (Å²) >= 11 is 0. The molecule has 0 aliphatic heterocycles. The van der Waals surface area contributed by atoms with Crippen LogP contribution >= 0.6 is 0 Å². The van der Waals surface area contributed by atoms with E-state index in [1.54, 1.807) is 0 Å². The van der Waals surface area contributed by atoms with Crippen molar-refractivity contribution in [3.05, 3.63) is 57.6 Å². The molecule has 23 heavy (non-hydrogen) atoms. The fourth-order valence-electron chi connectivity index (χ4n) is 2.81. The molecule has 0 fully saturated rings. The van der Waals surface area contributed by atoms with Crippen molar-refractivity contribution < 1.29 is 0 Å². The lowest BCUT2D eigenvalue weighted by molar-refractivity contribution is 0.744. The van der Waals surface area contributed by atoms with E-state index >= 15 is 0 Å². The lowest BCUT2D eigenvalue weighted by Gasteiger charge is -2.07. The van der Waals surface area contributed by atoms with E-state index in [4.69, 9.17) is 0 Å². The molecule has 5 nitrogen and oxygen atoms in total. The van der Waals surface area contributed by atoms with Gasteiger partial charge in [-0.2, -0.15) is 9.78 Å². The molecule has 2 heterocycles. The van der Waals surface area contributed by atoms with E-state index in [9.17, 15) is 10.1 Å². The first-order chi connectivity index (χ1) is 11.2. The molecule has 1 N–H and O–H groups in total. The van der Waals surface area contributed by atoms with Crippen LogP contribution in [0.5, 0.6) is 0 Å². The van der Waals surface area contributed by atoms with Crippen molar-refractivity contribution >= 4 is 5.65 Å². The highest BCUT2D eigenvalue weighted by Gasteiger charge is 2.19. The third kappa shape index (κ3) is 2.53. The van der Waals surface area contributed by atoms with Crippen molar-refractivity contribution in [1.29, 1.82) is 5.26 Å². The third-order valence-corrected chi connectivity index (χ3v) is 4.03. The molecule has 0 atom stereocenters. The number of nitriles is 1. The number of hydrogen-bond donors (Lipinski definition) is 1. The fraction of sp³-hybridized carbons (Fsp3) is 0.278. The number of benzene rings is 1. The molecule has 3 aromatic rings. The van der Waals surface area contributed by atoms with Crippen LogP contribution in [-0.2, 0) is 6.42 Å². The summed E-state index contributed by atoms with van der Waals surface area (Å²) in [6.45, 7) is 3.92. The Bertz CT molecular complexity index is 945. The van der Waals surface area contributed by atoms with Gasteiger partial charge in [0.25, 0.3) is 5.56 Å². The Hall–Kier alpha value is -2.87. The summed E-state index contributed by atoms with van der Waals surface area (Å²) in [4.78, 5) is 16.0. The van der Waals surface area contributed by atoms with E-state index in [1.165, 1.54) is 4.52 Å². The quantitative estimate of drug-likeness (QED) is 0.804. The largest absolute Gasteiger partial charge is 0.326 e. The van der Waals surface area contributed by atoms with Crippen LogP contribution in [-0.4, -0.2) is 14.6 Å². The van der Waals surface area contributed by atoms with Crippen molar-refractivity contribution in [2.24, 2.45) is 0 Å². The van der Waals surface area contributed by atoms with Gasteiger partial charge < -0.3 is 4.98 Å². The number of aromatic nitrogens is 3. The van der Waals surface area contributed by atoms with Gasteiger partial charge in [0.05, 0.1) is 11.1 Å². The predicted molar refractivity (Wildman–Crippen MR) is 89.3 cm³/mol. The second-order valence-electron chi connectivity index (χ2n) is 5.59. The molecule has 0 bridgehead atoms. The van der Waals surface area contributed by atoms with Crippen molar-refractivity contribution in [1.82, 2.24) is 14.6 Å². The normalized spacial score (nSPS) is 10.8. The topological polar surface area (TPSA) is 74.0 Å². The number of pyridine rings is 1. The molecule has 0 aliphatic carbocycles. The predicted octanol–water partition coefficient (Wildman–Crippen LogP) is 3.21. The van der Waals surface area contributed by atoms with E-state index in [0.29, 0.717) is 22.3 Å². The highest BCUT2D eigenvalue weighted by molar-refractivity contribution is 5.73. The Kier molecular flexibility index (Phi) is 3.98. The molecule has 0 saturated heterocycles. The van der Waals surface area contributed by atoms with E-state index in [2.05, 4.69) is 23.1 Å². The first-order valence-electron chi connectivity index (χ1n) is 7.77. The van der Waals surface area contributed by atoms with Crippen LogP contribution in [0.15, 0.2) is 35.1 Å². The summed E-state index contributed by atoms with van der Waals surface area (Å²) in [7, 11) is 0. The average Bonchev–Trinajstić information content (AvgIpc) is 2.99. The minimum Gasteiger partial charge on any atom is -0.326 e. The van der Waals surface area contributed by atoms with Gasteiger partial charge in [0.1, 0.15) is 11.9 Å². The van der Waals surface area contributed by atoms with Crippen LogP contribution in [0.2, 0.25) is 0 Å². The number of aryl methyl sites for hydroxylation is 1. The zero-order chi connectivity index (χ0) is 16.4. The lowest BCUT2D eigenvalue weighted by Crippen LogP contribution is -2.19. The number of hydrogen-bond acceptors (Lipinski definition) is 3. The maximum Gasteiger partial charge on any atom is 0.281 e. The monoisotopic (exact) mass is 306 g/mol. The number of rotatable bonds is 4. The molecule has 5 heteroatoms. The molecule has 0 unspecified atom stereocenters. The Balaban J connectivity index is 2.31. The Morgan fingerprint density at radius 1 is 1.30 bits per heavy atom. The molecule has 0 radical (unpaired) electrons. The van der Waals surface area contributed by atoms with Gasteiger partial charge in [-0.1, -0.05) is 43.7 Å². The number of unbranched alkanes of at least 4 members (excludes halogenated alkanes) is 1. The van der Waals surface area contributed by atoms with E-state index in [-0.39, 0.29) is 5.56 Å². The van der Waals surface area contributed by atoms with Gasteiger partial charge in [-0.25, -0.2) is 0 Å².